The van der Waals surface area contributed by atoms with E-state index in [2.05, 4.69) is 0 Å². The molecule has 0 aliphatic rings. The maximum atomic E-state index is 14.0. The Bertz CT molecular complexity index is 628. The lowest BCUT2D eigenvalue weighted by atomic mass is 9.96. The molecule has 2 aromatic carbocycles. The molecule has 1 atom stereocenters. The summed E-state index contributed by atoms with van der Waals surface area (Å²) in [4.78, 5) is 0. The van der Waals surface area contributed by atoms with E-state index < -0.39 is 23.5 Å². The van der Waals surface area contributed by atoms with Crippen LogP contribution in [0.25, 0.3) is 0 Å². The van der Waals surface area contributed by atoms with E-state index in [1.54, 1.807) is 0 Å². The lowest BCUT2D eigenvalue weighted by molar-refractivity contribution is 0.537. The molecule has 0 spiro atoms. The van der Waals surface area contributed by atoms with Gasteiger partial charge in [-0.1, -0.05) is 29.8 Å². The Morgan fingerprint density at radius 1 is 1.05 bits per heavy atom. The van der Waals surface area contributed by atoms with Gasteiger partial charge in [0.1, 0.15) is 17.5 Å². The van der Waals surface area contributed by atoms with Crippen molar-refractivity contribution < 1.29 is 13.2 Å². The molecule has 0 heterocycles. The molecule has 0 amide bonds. The van der Waals surface area contributed by atoms with E-state index in [1.165, 1.54) is 25.1 Å². The molecule has 0 aromatic heterocycles. The standard InChI is InChI=1S/C14H11ClF3N/c1-7-5-6-9(16)11(13(7)18)14(19)8-3-2-4-10(17)12(8)15/h2-6,14H,19H2,1H3. The van der Waals surface area contributed by atoms with Gasteiger partial charge in [-0.05, 0) is 30.2 Å². The number of benzene rings is 2. The summed E-state index contributed by atoms with van der Waals surface area (Å²) in [6.45, 7) is 1.50. The van der Waals surface area contributed by atoms with Gasteiger partial charge in [-0.2, -0.15) is 0 Å². The third-order valence-corrected chi connectivity index (χ3v) is 3.35. The van der Waals surface area contributed by atoms with Crippen molar-refractivity contribution in [1.82, 2.24) is 0 Å². The highest BCUT2D eigenvalue weighted by Gasteiger charge is 2.22. The molecular formula is C14H11ClF3N. The number of nitrogens with two attached hydrogens (primary N) is 1. The van der Waals surface area contributed by atoms with Gasteiger partial charge >= 0.3 is 0 Å². The van der Waals surface area contributed by atoms with Gasteiger partial charge in [0, 0.05) is 5.56 Å². The normalized spacial score (nSPS) is 12.5. The second-order valence-corrected chi connectivity index (χ2v) is 4.59. The quantitative estimate of drug-likeness (QED) is 0.883. The summed E-state index contributed by atoms with van der Waals surface area (Å²) in [6.07, 6.45) is 0. The molecule has 0 saturated carbocycles. The smallest absolute Gasteiger partial charge is 0.142 e. The number of halogens is 4. The van der Waals surface area contributed by atoms with Crippen LogP contribution in [-0.2, 0) is 0 Å². The molecule has 2 rings (SSSR count). The van der Waals surface area contributed by atoms with Crippen molar-refractivity contribution in [2.75, 3.05) is 0 Å². The van der Waals surface area contributed by atoms with Crippen molar-refractivity contribution >= 4 is 11.6 Å². The second kappa shape index (κ2) is 5.23. The summed E-state index contributed by atoms with van der Waals surface area (Å²) in [5.74, 6) is -2.20. The van der Waals surface area contributed by atoms with E-state index in [0.717, 1.165) is 12.1 Å². The Morgan fingerprint density at radius 3 is 2.42 bits per heavy atom. The fourth-order valence-corrected chi connectivity index (χ4v) is 2.12. The summed E-state index contributed by atoms with van der Waals surface area (Å²) in [7, 11) is 0. The zero-order valence-electron chi connectivity index (χ0n) is 10.1. The van der Waals surface area contributed by atoms with Crippen LogP contribution < -0.4 is 5.73 Å². The lowest BCUT2D eigenvalue weighted by Gasteiger charge is -2.17. The highest BCUT2D eigenvalue weighted by molar-refractivity contribution is 6.31. The van der Waals surface area contributed by atoms with Gasteiger partial charge in [0.2, 0.25) is 0 Å². The number of hydrogen-bond donors (Lipinski definition) is 1. The predicted octanol–water partition coefficient (Wildman–Crippen LogP) is 4.11. The summed E-state index contributed by atoms with van der Waals surface area (Å²) in [6, 6.07) is 5.26. The zero-order valence-corrected chi connectivity index (χ0v) is 10.8. The molecule has 5 heteroatoms. The third-order valence-electron chi connectivity index (χ3n) is 2.95. The summed E-state index contributed by atoms with van der Waals surface area (Å²) in [5, 5.41) is -0.227. The van der Waals surface area contributed by atoms with Crippen molar-refractivity contribution in [3.63, 3.8) is 0 Å². The van der Waals surface area contributed by atoms with Gasteiger partial charge in [0.05, 0.1) is 11.1 Å². The first-order valence-electron chi connectivity index (χ1n) is 5.57. The van der Waals surface area contributed by atoms with Crippen molar-refractivity contribution in [3.8, 4) is 0 Å². The van der Waals surface area contributed by atoms with Crippen LogP contribution in [0, 0.1) is 24.4 Å². The molecule has 2 aromatic rings. The molecule has 100 valence electrons. The van der Waals surface area contributed by atoms with E-state index in [-0.39, 0.29) is 21.7 Å². The highest BCUT2D eigenvalue weighted by atomic mass is 35.5. The van der Waals surface area contributed by atoms with E-state index >= 15 is 0 Å². The van der Waals surface area contributed by atoms with E-state index in [0.29, 0.717) is 0 Å². The minimum absolute atomic E-state index is 0.144. The maximum Gasteiger partial charge on any atom is 0.142 e. The minimum Gasteiger partial charge on any atom is -0.320 e. The molecule has 19 heavy (non-hydrogen) atoms. The predicted molar refractivity (Wildman–Crippen MR) is 68.5 cm³/mol. The van der Waals surface area contributed by atoms with Gasteiger partial charge in [-0.25, -0.2) is 13.2 Å². The fourth-order valence-electron chi connectivity index (χ4n) is 1.88. The molecule has 0 aliphatic heterocycles. The van der Waals surface area contributed by atoms with Gasteiger partial charge < -0.3 is 5.73 Å². The largest absolute Gasteiger partial charge is 0.320 e. The fraction of sp³-hybridized carbons (Fsp3) is 0.143. The Balaban J connectivity index is 2.59. The lowest BCUT2D eigenvalue weighted by Crippen LogP contribution is -2.17. The van der Waals surface area contributed by atoms with Gasteiger partial charge in [-0.15, -0.1) is 0 Å². The summed E-state index contributed by atoms with van der Waals surface area (Å²) in [5.41, 5.74) is 5.92. The van der Waals surface area contributed by atoms with Crippen molar-refractivity contribution in [1.29, 1.82) is 0 Å². The monoisotopic (exact) mass is 285 g/mol. The second-order valence-electron chi connectivity index (χ2n) is 4.21. The molecule has 0 radical (unpaired) electrons. The summed E-state index contributed by atoms with van der Waals surface area (Å²) < 4.78 is 41.1. The molecule has 2 N–H and O–H groups in total. The number of hydrogen-bond acceptors (Lipinski definition) is 1. The van der Waals surface area contributed by atoms with Crippen molar-refractivity contribution in [3.05, 3.63) is 69.5 Å². The van der Waals surface area contributed by atoms with Crippen LogP contribution in [-0.4, -0.2) is 0 Å². The Labute approximate surface area is 113 Å². The number of rotatable bonds is 2. The van der Waals surface area contributed by atoms with E-state index in [9.17, 15) is 13.2 Å². The van der Waals surface area contributed by atoms with Crippen LogP contribution in [0.15, 0.2) is 30.3 Å². The van der Waals surface area contributed by atoms with Crippen LogP contribution in [0.3, 0.4) is 0 Å². The molecular weight excluding hydrogens is 275 g/mol. The molecule has 0 bridgehead atoms. The molecule has 0 aliphatic carbocycles. The average molecular weight is 286 g/mol. The Morgan fingerprint density at radius 2 is 1.74 bits per heavy atom. The highest BCUT2D eigenvalue weighted by Crippen LogP contribution is 2.31. The molecule has 1 unspecified atom stereocenters. The van der Waals surface area contributed by atoms with Gasteiger partial charge in [-0.3, -0.25) is 0 Å². The molecule has 0 saturated heterocycles. The van der Waals surface area contributed by atoms with E-state index in [1.807, 2.05) is 0 Å². The Kier molecular flexibility index (Phi) is 3.83. The first-order chi connectivity index (χ1) is 8.93. The van der Waals surface area contributed by atoms with E-state index in [4.69, 9.17) is 17.3 Å². The van der Waals surface area contributed by atoms with Crippen LogP contribution >= 0.6 is 11.6 Å². The van der Waals surface area contributed by atoms with Gasteiger partial charge in [0.25, 0.3) is 0 Å². The average Bonchev–Trinajstić information content (AvgIpc) is 2.37. The van der Waals surface area contributed by atoms with Gasteiger partial charge in [0.15, 0.2) is 0 Å². The molecule has 0 fully saturated rings. The maximum absolute atomic E-state index is 14.0. The van der Waals surface area contributed by atoms with Crippen LogP contribution in [0.2, 0.25) is 5.02 Å². The van der Waals surface area contributed by atoms with Crippen molar-refractivity contribution in [2.24, 2.45) is 5.73 Å². The number of aryl methyl sites for hydroxylation is 1. The summed E-state index contributed by atoms with van der Waals surface area (Å²) >= 11 is 5.78. The SMILES string of the molecule is Cc1ccc(F)c(C(N)c2cccc(F)c2Cl)c1F. The first-order valence-corrected chi connectivity index (χ1v) is 5.95. The zero-order chi connectivity index (χ0) is 14.2. The first kappa shape index (κ1) is 13.9. The van der Waals surface area contributed by atoms with Crippen LogP contribution in [0.1, 0.15) is 22.7 Å². The van der Waals surface area contributed by atoms with Crippen LogP contribution in [0.5, 0.6) is 0 Å². The molecule has 1 nitrogen and oxygen atoms in total. The Hall–Kier alpha value is -1.52. The topological polar surface area (TPSA) is 26.0 Å². The van der Waals surface area contributed by atoms with Crippen molar-refractivity contribution in [2.45, 2.75) is 13.0 Å². The minimum atomic E-state index is -1.16. The third kappa shape index (κ3) is 2.46. The van der Waals surface area contributed by atoms with Crippen LogP contribution in [0.4, 0.5) is 13.2 Å².